The number of aromatic amines is 1. The van der Waals surface area contributed by atoms with Gasteiger partial charge in [0.2, 0.25) is 0 Å². The van der Waals surface area contributed by atoms with Crippen molar-refractivity contribution < 1.29 is 9.47 Å². The fraction of sp³-hybridized carbons (Fsp3) is 0.630. The van der Waals surface area contributed by atoms with Gasteiger partial charge in [0, 0.05) is 36.2 Å². The smallest absolute Gasteiger partial charge is 0.252 e. The van der Waals surface area contributed by atoms with Crippen molar-refractivity contribution in [1.29, 1.82) is 0 Å². The quantitative estimate of drug-likeness (QED) is 0.441. The number of hydrogen-bond acceptors (Lipinski definition) is 7. The third-order valence-electron chi connectivity index (χ3n) is 7.60. The summed E-state index contributed by atoms with van der Waals surface area (Å²) in [6.07, 6.45) is 9.07. The molecule has 9 heteroatoms. The first kappa shape index (κ1) is 24.9. The van der Waals surface area contributed by atoms with E-state index >= 15 is 0 Å². The summed E-state index contributed by atoms with van der Waals surface area (Å²) in [6.45, 7) is 6.78. The molecule has 0 unspecified atom stereocenters. The van der Waals surface area contributed by atoms with Gasteiger partial charge >= 0.3 is 0 Å². The molecule has 1 aliphatic carbocycles. The van der Waals surface area contributed by atoms with E-state index in [4.69, 9.17) is 9.47 Å². The van der Waals surface area contributed by atoms with Crippen molar-refractivity contribution in [3.8, 4) is 5.75 Å². The molecule has 0 spiro atoms. The van der Waals surface area contributed by atoms with Gasteiger partial charge in [-0.15, -0.1) is 5.10 Å². The van der Waals surface area contributed by atoms with Crippen LogP contribution in [0.2, 0.25) is 0 Å². The second-order valence-corrected chi connectivity index (χ2v) is 10.1. The van der Waals surface area contributed by atoms with Crippen LogP contribution in [0, 0.1) is 0 Å². The van der Waals surface area contributed by atoms with Crippen LogP contribution in [0.25, 0.3) is 10.9 Å². The highest BCUT2D eigenvalue weighted by Crippen LogP contribution is 2.33. The highest BCUT2D eigenvalue weighted by molar-refractivity contribution is 5.80. The van der Waals surface area contributed by atoms with Crippen molar-refractivity contribution >= 4 is 10.9 Å². The van der Waals surface area contributed by atoms with Gasteiger partial charge in [0.05, 0.1) is 24.8 Å². The van der Waals surface area contributed by atoms with E-state index in [0.29, 0.717) is 19.2 Å². The van der Waals surface area contributed by atoms with E-state index < -0.39 is 0 Å². The van der Waals surface area contributed by atoms with Crippen LogP contribution in [-0.4, -0.2) is 56.0 Å². The summed E-state index contributed by atoms with van der Waals surface area (Å²) in [5.74, 6) is 1.70. The molecule has 9 nitrogen and oxygen atoms in total. The van der Waals surface area contributed by atoms with E-state index in [0.717, 1.165) is 73.3 Å². The summed E-state index contributed by atoms with van der Waals surface area (Å²) in [5.41, 5.74) is 1.47. The summed E-state index contributed by atoms with van der Waals surface area (Å²) >= 11 is 0. The fourth-order valence-corrected chi connectivity index (χ4v) is 5.78. The number of nitrogens with one attached hydrogen (secondary N) is 1. The Kier molecular flexibility index (Phi) is 7.96. The standard InChI is InChI=1S/C27H38N6O3/c1-3-25(26-29-30-31-33(26)21-9-6-5-7-10-21)32(18-23-11-8-14-36-23)17-20-15-19-16-22(35-4-2)12-13-24(19)28-27(20)34/h12-13,15-16,21,23,25H,3-11,14,17-18H2,1-2H3,(H,28,34)/t23-,25+/m0/s1. The van der Waals surface area contributed by atoms with Crippen LogP contribution in [0.4, 0.5) is 0 Å². The molecular formula is C27H38N6O3. The van der Waals surface area contributed by atoms with Crippen molar-refractivity contribution in [3.05, 3.63) is 46.0 Å². The molecule has 1 saturated heterocycles. The van der Waals surface area contributed by atoms with E-state index in [2.05, 4.69) is 37.0 Å². The third kappa shape index (κ3) is 5.47. The topological polar surface area (TPSA) is 98.2 Å². The summed E-state index contributed by atoms with van der Waals surface area (Å²) in [4.78, 5) is 18.6. The molecule has 1 N–H and O–H groups in total. The van der Waals surface area contributed by atoms with E-state index in [1.54, 1.807) is 0 Å². The second-order valence-electron chi connectivity index (χ2n) is 10.1. The number of aromatic nitrogens is 5. The molecule has 194 valence electrons. The van der Waals surface area contributed by atoms with Crippen LogP contribution < -0.4 is 10.3 Å². The highest BCUT2D eigenvalue weighted by Gasteiger charge is 2.31. The lowest BCUT2D eigenvalue weighted by Crippen LogP contribution is -2.38. The van der Waals surface area contributed by atoms with Crippen LogP contribution in [0.15, 0.2) is 29.1 Å². The predicted molar refractivity (Wildman–Crippen MR) is 138 cm³/mol. The average molecular weight is 495 g/mol. The normalized spacial score (nSPS) is 19.8. The molecule has 2 atom stereocenters. The number of fused-ring (bicyclic) bond motifs is 1. The molecule has 2 aromatic heterocycles. The maximum Gasteiger partial charge on any atom is 0.252 e. The molecule has 3 heterocycles. The van der Waals surface area contributed by atoms with Crippen molar-refractivity contribution in [2.24, 2.45) is 0 Å². The van der Waals surface area contributed by atoms with Crippen molar-refractivity contribution in [1.82, 2.24) is 30.1 Å². The number of ether oxygens (including phenoxy) is 2. The molecule has 1 saturated carbocycles. The van der Waals surface area contributed by atoms with Crippen LogP contribution in [-0.2, 0) is 11.3 Å². The zero-order valence-electron chi connectivity index (χ0n) is 21.5. The Morgan fingerprint density at radius 2 is 2.03 bits per heavy atom. The van der Waals surface area contributed by atoms with Gasteiger partial charge in [-0.2, -0.15) is 0 Å². The predicted octanol–water partition coefficient (Wildman–Crippen LogP) is 4.55. The zero-order chi connectivity index (χ0) is 24.9. The lowest BCUT2D eigenvalue weighted by Gasteiger charge is -2.33. The minimum Gasteiger partial charge on any atom is -0.494 e. The maximum absolute atomic E-state index is 13.1. The first-order valence-corrected chi connectivity index (χ1v) is 13.6. The average Bonchev–Trinajstić information content (AvgIpc) is 3.58. The van der Waals surface area contributed by atoms with E-state index in [-0.39, 0.29) is 17.7 Å². The minimum atomic E-state index is -0.0641. The SMILES string of the molecule is CCOc1ccc2[nH]c(=O)c(CN(C[C@@H]3CCCO3)[C@H](CC)c3nnnn3C3CCCCC3)cc2c1. The van der Waals surface area contributed by atoms with Gasteiger partial charge in [-0.05, 0) is 73.7 Å². The van der Waals surface area contributed by atoms with E-state index in [1.165, 1.54) is 19.3 Å². The Morgan fingerprint density at radius 1 is 1.17 bits per heavy atom. The molecule has 5 rings (SSSR count). The van der Waals surface area contributed by atoms with Gasteiger partial charge in [0.25, 0.3) is 5.56 Å². The van der Waals surface area contributed by atoms with E-state index in [9.17, 15) is 4.79 Å². The molecule has 0 bridgehead atoms. The van der Waals surface area contributed by atoms with E-state index in [1.807, 2.05) is 31.2 Å². The van der Waals surface area contributed by atoms with Gasteiger partial charge in [0.1, 0.15) is 5.75 Å². The monoisotopic (exact) mass is 494 g/mol. The van der Waals surface area contributed by atoms with Gasteiger partial charge in [-0.1, -0.05) is 26.2 Å². The number of pyridine rings is 1. The molecular weight excluding hydrogens is 456 g/mol. The molecule has 0 radical (unpaired) electrons. The van der Waals surface area contributed by atoms with Crippen LogP contribution in [0.3, 0.4) is 0 Å². The Morgan fingerprint density at radius 3 is 2.78 bits per heavy atom. The molecule has 36 heavy (non-hydrogen) atoms. The van der Waals surface area contributed by atoms with Crippen LogP contribution in [0.5, 0.6) is 5.75 Å². The number of nitrogens with zero attached hydrogens (tertiary/aromatic N) is 5. The molecule has 2 aliphatic rings. The number of rotatable bonds is 10. The van der Waals surface area contributed by atoms with Crippen LogP contribution >= 0.6 is 0 Å². The number of hydrogen-bond donors (Lipinski definition) is 1. The largest absolute Gasteiger partial charge is 0.494 e. The third-order valence-corrected chi connectivity index (χ3v) is 7.60. The number of tetrazole rings is 1. The van der Waals surface area contributed by atoms with Crippen molar-refractivity contribution in [3.63, 3.8) is 0 Å². The molecule has 3 aromatic rings. The summed E-state index contributed by atoms with van der Waals surface area (Å²) in [7, 11) is 0. The Balaban J connectivity index is 1.47. The van der Waals surface area contributed by atoms with Gasteiger partial charge in [-0.3, -0.25) is 9.69 Å². The molecule has 0 amide bonds. The molecule has 1 aliphatic heterocycles. The first-order chi connectivity index (χ1) is 17.7. The Labute approximate surface area is 212 Å². The van der Waals surface area contributed by atoms with Crippen molar-refractivity contribution in [2.45, 2.75) is 89.9 Å². The fourth-order valence-electron chi connectivity index (χ4n) is 5.78. The summed E-state index contributed by atoms with van der Waals surface area (Å²) < 4.78 is 13.8. The number of benzene rings is 1. The molecule has 1 aromatic carbocycles. The lowest BCUT2D eigenvalue weighted by atomic mass is 9.95. The lowest BCUT2D eigenvalue weighted by molar-refractivity contribution is 0.0481. The number of H-pyrrole nitrogens is 1. The van der Waals surface area contributed by atoms with Crippen molar-refractivity contribution in [2.75, 3.05) is 19.8 Å². The highest BCUT2D eigenvalue weighted by atomic mass is 16.5. The van der Waals surface area contributed by atoms with Gasteiger partial charge in [-0.25, -0.2) is 4.68 Å². The van der Waals surface area contributed by atoms with Gasteiger partial charge in [0.15, 0.2) is 5.82 Å². The minimum absolute atomic E-state index is 0.00372. The second kappa shape index (κ2) is 11.5. The Bertz CT molecular complexity index is 1200. The maximum atomic E-state index is 13.1. The summed E-state index contributed by atoms with van der Waals surface area (Å²) in [5, 5.41) is 14.0. The molecule has 2 fully saturated rings. The van der Waals surface area contributed by atoms with Gasteiger partial charge < -0.3 is 14.5 Å². The zero-order valence-corrected chi connectivity index (χ0v) is 21.5. The Hall–Kier alpha value is -2.78. The van der Waals surface area contributed by atoms with Crippen LogP contribution in [0.1, 0.15) is 88.7 Å². The first-order valence-electron chi connectivity index (χ1n) is 13.6. The summed E-state index contributed by atoms with van der Waals surface area (Å²) in [6, 6.07) is 8.13.